The highest BCUT2D eigenvalue weighted by Gasteiger charge is 2.43. The number of amides is 1. The van der Waals surface area contributed by atoms with Crippen LogP contribution in [0.25, 0.3) is 11.3 Å². The fraction of sp³-hybridized carbons (Fsp3) is 0.304. The van der Waals surface area contributed by atoms with Gasteiger partial charge in [0.05, 0.1) is 25.5 Å². The minimum absolute atomic E-state index is 0.000990. The van der Waals surface area contributed by atoms with E-state index in [-0.39, 0.29) is 18.0 Å². The summed E-state index contributed by atoms with van der Waals surface area (Å²) in [4.78, 5) is 15.1. The Morgan fingerprint density at radius 3 is 2.53 bits per heavy atom. The lowest BCUT2D eigenvalue weighted by Crippen LogP contribution is -2.35. The van der Waals surface area contributed by atoms with Gasteiger partial charge in [-0.15, -0.1) is 0 Å². The number of methoxy groups -OCH3 is 1. The van der Waals surface area contributed by atoms with Crippen molar-refractivity contribution in [2.45, 2.75) is 32.9 Å². The van der Waals surface area contributed by atoms with Crippen LogP contribution in [-0.4, -0.2) is 40.8 Å². The molecule has 0 aliphatic carbocycles. The minimum Gasteiger partial charge on any atom is -0.493 e. The zero-order valence-electron chi connectivity index (χ0n) is 17.4. The van der Waals surface area contributed by atoms with Crippen LogP contribution in [0.1, 0.15) is 48.4 Å². The second kappa shape index (κ2) is 8.03. The highest BCUT2D eigenvalue weighted by Crippen LogP contribution is 2.45. The normalized spacial score (nSPS) is 15.6. The van der Waals surface area contributed by atoms with Crippen LogP contribution in [0.2, 0.25) is 5.02 Å². The van der Waals surface area contributed by atoms with Gasteiger partial charge in [-0.2, -0.15) is 5.10 Å². The van der Waals surface area contributed by atoms with Gasteiger partial charge in [-0.3, -0.25) is 9.89 Å². The summed E-state index contributed by atoms with van der Waals surface area (Å²) < 4.78 is 11.2. The predicted molar refractivity (Wildman–Crippen MR) is 116 cm³/mol. The lowest BCUT2D eigenvalue weighted by Gasteiger charge is -2.30. The molecule has 4 rings (SSSR count). The molecule has 0 bridgehead atoms. The van der Waals surface area contributed by atoms with Crippen molar-refractivity contribution in [2.24, 2.45) is 0 Å². The quantitative estimate of drug-likeness (QED) is 0.597. The largest absolute Gasteiger partial charge is 0.493 e. The monoisotopic (exact) mass is 425 g/mol. The molecule has 1 aliphatic rings. The fourth-order valence-electron chi connectivity index (χ4n) is 3.98. The maximum atomic E-state index is 13.2. The van der Waals surface area contributed by atoms with Gasteiger partial charge in [0.2, 0.25) is 0 Å². The summed E-state index contributed by atoms with van der Waals surface area (Å²) in [5.41, 5.74) is 3.97. The number of rotatable bonds is 6. The highest BCUT2D eigenvalue weighted by molar-refractivity contribution is 6.30. The molecule has 2 aromatic carbocycles. The molecule has 7 heteroatoms. The molecular weight excluding hydrogens is 402 g/mol. The summed E-state index contributed by atoms with van der Waals surface area (Å²) in [6.07, 6.45) is 0. The van der Waals surface area contributed by atoms with Crippen LogP contribution in [0.3, 0.4) is 0 Å². The molecule has 0 saturated carbocycles. The highest BCUT2D eigenvalue weighted by atomic mass is 35.5. The topological polar surface area (TPSA) is 67.5 Å². The van der Waals surface area contributed by atoms with Crippen LogP contribution in [0.4, 0.5) is 0 Å². The van der Waals surface area contributed by atoms with E-state index in [9.17, 15) is 4.79 Å². The van der Waals surface area contributed by atoms with E-state index in [1.807, 2.05) is 68.1 Å². The first kappa shape index (κ1) is 20.3. The zero-order valence-corrected chi connectivity index (χ0v) is 18.2. The predicted octanol–water partition coefficient (Wildman–Crippen LogP) is 5.09. The Morgan fingerprint density at radius 2 is 1.90 bits per heavy atom. The van der Waals surface area contributed by atoms with Gasteiger partial charge >= 0.3 is 0 Å². The number of H-pyrrole nitrogens is 1. The van der Waals surface area contributed by atoms with Crippen LogP contribution < -0.4 is 9.47 Å². The SMILES string of the molecule is CCOc1ccc(C2c3c(-c4ccc(Cl)cc4)n[nH]c3C(=O)N2C(C)C)cc1OC. The van der Waals surface area contributed by atoms with E-state index in [0.29, 0.717) is 28.8 Å². The van der Waals surface area contributed by atoms with Crippen molar-refractivity contribution < 1.29 is 14.3 Å². The van der Waals surface area contributed by atoms with Gasteiger partial charge < -0.3 is 14.4 Å². The summed E-state index contributed by atoms with van der Waals surface area (Å²) in [5.74, 6) is 1.25. The number of hydrogen-bond acceptors (Lipinski definition) is 4. The molecule has 1 aromatic heterocycles. The van der Waals surface area contributed by atoms with Gasteiger partial charge in [-0.25, -0.2) is 0 Å². The number of aromatic nitrogens is 2. The number of ether oxygens (including phenoxy) is 2. The summed E-state index contributed by atoms with van der Waals surface area (Å²) in [6, 6.07) is 13.0. The van der Waals surface area contributed by atoms with Crippen molar-refractivity contribution in [1.29, 1.82) is 0 Å². The minimum atomic E-state index is -0.290. The second-order valence-electron chi connectivity index (χ2n) is 7.42. The Balaban J connectivity index is 1.88. The van der Waals surface area contributed by atoms with Gasteiger partial charge in [0, 0.05) is 22.2 Å². The third-order valence-corrected chi connectivity index (χ3v) is 5.53. The number of fused-ring (bicyclic) bond motifs is 1. The molecule has 30 heavy (non-hydrogen) atoms. The van der Waals surface area contributed by atoms with Crippen molar-refractivity contribution in [3.63, 3.8) is 0 Å². The number of carbonyl (C=O) groups is 1. The number of benzene rings is 2. The summed E-state index contributed by atoms with van der Waals surface area (Å²) in [6.45, 7) is 6.50. The second-order valence-corrected chi connectivity index (χ2v) is 7.86. The van der Waals surface area contributed by atoms with Crippen LogP contribution in [-0.2, 0) is 0 Å². The molecule has 0 spiro atoms. The molecular formula is C23H24ClN3O3. The third-order valence-electron chi connectivity index (χ3n) is 5.28. The molecule has 156 valence electrons. The van der Waals surface area contributed by atoms with Crippen molar-refractivity contribution in [2.75, 3.05) is 13.7 Å². The lowest BCUT2D eigenvalue weighted by molar-refractivity contribution is 0.0687. The van der Waals surface area contributed by atoms with E-state index in [4.69, 9.17) is 21.1 Å². The van der Waals surface area contributed by atoms with Gasteiger partial charge in [-0.05, 0) is 50.6 Å². The van der Waals surface area contributed by atoms with Crippen LogP contribution in [0.5, 0.6) is 11.5 Å². The number of nitrogens with one attached hydrogen (secondary N) is 1. The molecule has 6 nitrogen and oxygen atoms in total. The van der Waals surface area contributed by atoms with E-state index in [1.54, 1.807) is 7.11 Å². The Morgan fingerprint density at radius 1 is 1.17 bits per heavy atom. The van der Waals surface area contributed by atoms with Gasteiger partial charge in [0.1, 0.15) is 5.69 Å². The average molecular weight is 426 g/mol. The molecule has 1 atom stereocenters. The van der Waals surface area contributed by atoms with E-state index < -0.39 is 0 Å². The van der Waals surface area contributed by atoms with Crippen molar-refractivity contribution >= 4 is 17.5 Å². The van der Waals surface area contributed by atoms with Crippen molar-refractivity contribution in [3.8, 4) is 22.8 Å². The Bertz CT molecular complexity index is 1080. The smallest absolute Gasteiger partial charge is 0.273 e. The fourth-order valence-corrected chi connectivity index (χ4v) is 4.11. The Labute approximate surface area is 180 Å². The summed E-state index contributed by atoms with van der Waals surface area (Å²) in [7, 11) is 1.62. The number of halogens is 1. The first-order chi connectivity index (χ1) is 14.5. The van der Waals surface area contributed by atoms with E-state index in [1.165, 1.54) is 0 Å². The molecule has 1 amide bonds. The maximum Gasteiger partial charge on any atom is 0.273 e. The Hall–Kier alpha value is -2.99. The van der Waals surface area contributed by atoms with Crippen LogP contribution in [0, 0.1) is 0 Å². The standard InChI is InChI=1S/C23H24ClN3O3/c1-5-30-17-11-8-15(12-18(17)29-4)22-19-20(14-6-9-16(24)10-7-14)25-26-21(19)23(28)27(22)13(2)3/h6-13,22H,5H2,1-4H3,(H,25,26). The molecule has 1 aliphatic heterocycles. The molecule has 3 aromatic rings. The van der Waals surface area contributed by atoms with Gasteiger partial charge in [0.25, 0.3) is 5.91 Å². The molecule has 2 heterocycles. The van der Waals surface area contributed by atoms with E-state index in [2.05, 4.69) is 10.2 Å². The number of nitrogens with zero attached hydrogens (tertiary/aromatic N) is 2. The first-order valence-electron chi connectivity index (χ1n) is 9.93. The number of aromatic amines is 1. The average Bonchev–Trinajstić information content (AvgIpc) is 3.28. The number of carbonyl (C=O) groups excluding carboxylic acids is 1. The van der Waals surface area contributed by atoms with Crippen molar-refractivity contribution in [1.82, 2.24) is 15.1 Å². The molecule has 0 saturated heterocycles. The summed E-state index contributed by atoms with van der Waals surface area (Å²) in [5, 5.41) is 8.09. The molecule has 0 fully saturated rings. The third kappa shape index (κ3) is 3.31. The van der Waals surface area contributed by atoms with Gasteiger partial charge in [0.15, 0.2) is 11.5 Å². The lowest BCUT2D eigenvalue weighted by atomic mass is 9.95. The van der Waals surface area contributed by atoms with Crippen LogP contribution >= 0.6 is 11.6 Å². The Kier molecular flexibility index (Phi) is 5.43. The molecule has 1 unspecified atom stereocenters. The maximum absolute atomic E-state index is 13.2. The van der Waals surface area contributed by atoms with Crippen LogP contribution in [0.15, 0.2) is 42.5 Å². The van der Waals surface area contributed by atoms with Crippen molar-refractivity contribution in [3.05, 3.63) is 64.3 Å². The molecule has 1 N–H and O–H groups in total. The van der Waals surface area contributed by atoms with E-state index >= 15 is 0 Å². The first-order valence-corrected chi connectivity index (χ1v) is 10.3. The number of hydrogen-bond donors (Lipinski definition) is 1. The van der Waals surface area contributed by atoms with Gasteiger partial charge in [-0.1, -0.05) is 29.8 Å². The summed E-state index contributed by atoms with van der Waals surface area (Å²) >= 11 is 6.06. The van der Waals surface area contributed by atoms with E-state index in [0.717, 1.165) is 22.4 Å². The zero-order chi connectivity index (χ0) is 21.4. The molecule has 0 radical (unpaired) electrons.